The van der Waals surface area contributed by atoms with Gasteiger partial charge in [0.1, 0.15) is 0 Å². The first kappa shape index (κ1) is 9.03. The van der Waals surface area contributed by atoms with Crippen LogP contribution in [0.5, 0.6) is 0 Å². The third-order valence-electron chi connectivity index (χ3n) is 1.56. The summed E-state index contributed by atoms with van der Waals surface area (Å²) in [7, 11) is -0.456. The zero-order valence-corrected chi connectivity index (χ0v) is 8.71. The molecule has 60 valence electrons. The van der Waals surface area contributed by atoms with Crippen LogP contribution in [0.4, 0.5) is 0 Å². The van der Waals surface area contributed by atoms with E-state index >= 15 is 0 Å². The van der Waals surface area contributed by atoms with Gasteiger partial charge in [-0.25, -0.2) is 0 Å². The molecule has 1 unspecified atom stereocenters. The third-order valence-corrected chi connectivity index (χ3v) is 3.12. The van der Waals surface area contributed by atoms with Crippen LogP contribution in [-0.4, -0.2) is 6.66 Å². The average Bonchev–Trinajstić information content (AvgIpc) is 1.85. The van der Waals surface area contributed by atoms with E-state index in [2.05, 4.69) is 38.7 Å². The molecular formula is C9H12ClP. The second-order valence-electron chi connectivity index (χ2n) is 2.82. The van der Waals surface area contributed by atoms with Crippen LogP contribution in [0.2, 0.25) is 0 Å². The summed E-state index contributed by atoms with van der Waals surface area (Å²) in [6.45, 7) is 6.27. The van der Waals surface area contributed by atoms with E-state index in [1.807, 2.05) is 0 Å². The fourth-order valence-corrected chi connectivity index (χ4v) is 2.18. The van der Waals surface area contributed by atoms with Crippen LogP contribution in [0.25, 0.3) is 0 Å². The van der Waals surface area contributed by atoms with Crippen molar-refractivity contribution in [1.29, 1.82) is 0 Å². The van der Waals surface area contributed by atoms with Crippen molar-refractivity contribution in [3.63, 3.8) is 0 Å². The molecule has 11 heavy (non-hydrogen) atoms. The lowest BCUT2D eigenvalue weighted by molar-refractivity contribution is 1.40. The molecule has 0 heterocycles. The Kier molecular flexibility index (Phi) is 2.92. The second-order valence-corrected chi connectivity index (χ2v) is 5.82. The number of rotatable bonds is 1. The van der Waals surface area contributed by atoms with Crippen LogP contribution >= 0.6 is 18.5 Å². The van der Waals surface area contributed by atoms with E-state index in [-0.39, 0.29) is 0 Å². The topological polar surface area (TPSA) is 0 Å². The van der Waals surface area contributed by atoms with E-state index in [1.54, 1.807) is 0 Å². The molecule has 0 nitrogen and oxygen atoms in total. The monoisotopic (exact) mass is 186 g/mol. The normalized spacial score (nSPS) is 13.1. The summed E-state index contributed by atoms with van der Waals surface area (Å²) in [5, 5.41) is 1.28. The Bertz CT molecular complexity index is 235. The summed E-state index contributed by atoms with van der Waals surface area (Å²) in [5.74, 6) is 0. The highest BCUT2D eigenvalue weighted by Gasteiger charge is 2.00. The Morgan fingerprint density at radius 1 is 1.09 bits per heavy atom. The van der Waals surface area contributed by atoms with E-state index in [9.17, 15) is 0 Å². The van der Waals surface area contributed by atoms with E-state index in [4.69, 9.17) is 11.2 Å². The summed E-state index contributed by atoms with van der Waals surface area (Å²) in [5.41, 5.74) is 2.60. The summed E-state index contributed by atoms with van der Waals surface area (Å²) in [4.78, 5) is 0. The van der Waals surface area contributed by atoms with Gasteiger partial charge in [0, 0.05) is 7.27 Å². The maximum absolute atomic E-state index is 6.01. The zero-order chi connectivity index (χ0) is 8.43. The summed E-state index contributed by atoms with van der Waals surface area (Å²) in [6, 6.07) is 6.48. The average molecular weight is 187 g/mol. The predicted octanol–water partition coefficient (Wildman–Crippen LogP) is 3.19. The molecule has 1 aromatic rings. The van der Waals surface area contributed by atoms with Gasteiger partial charge in [-0.05, 0) is 25.8 Å². The molecule has 0 aliphatic rings. The summed E-state index contributed by atoms with van der Waals surface area (Å²) < 4.78 is 0. The van der Waals surface area contributed by atoms with Gasteiger partial charge in [-0.1, -0.05) is 40.6 Å². The number of hydrogen-bond donors (Lipinski definition) is 0. The number of aryl methyl sites for hydroxylation is 2. The van der Waals surface area contributed by atoms with Crippen molar-refractivity contribution in [3.8, 4) is 0 Å². The minimum atomic E-state index is -0.456. The fraction of sp³-hybridized carbons (Fsp3) is 0.333. The zero-order valence-electron chi connectivity index (χ0n) is 7.06. The molecule has 0 aromatic heterocycles. The summed E-state index contributed by atoms with van der Waals surface area (Å²) in [6.07, 6.45) is 0. The molecule has 0 saturated carbocycles. The van der Waals surface area contributed by atoms with Gasteiger partial charge in [0.15, 0.2) is 0 Å². The molecule has 0 spiro atoms. The van der Waals surface area contributed by atoms with Crippen molar-refractivity contribution in [2.45, 2.75) is 13.8 Å². The largest absolute Gasteiger partial charge is 0.0915 e. The molecular weight excluding hydrogens is 175 g/mol. The third kappa shape index (κ3) is 2.47. The Morgan fingerprint density at radius 3 is 1.91 bits per heavy atom. The first-order valence-corrected chi connectivity index (χ1v) is 6.27. The molecule has 0 amide bonds. The maximum Gasteiger partial charge on any atom is 0.0181 e. The van der Waals surface area contributed by atoms with Crippen LogP contribution in [-0.2, 0) is 0 Å². The molecule has 0 radical (unpaired) electrons. The van der Waals surface area contributed by atoms with Gasteiger partial charge in [0.2, 0.25) is 0 Å². The van der Waals surface area contributed by atoms with E-state index in [1.165, 1.54) is 16.4 Å². The fourth-order valence-electron chi connectivity index (χ4n) is 1.13. The highest BCUT2D eigenvalue weighted by molar-refractivity contribution is 7.89. The molecule has 1 rings (SSSR count). The second kappa shape index (κ2) is 3.56. The van der Waals surface area contributed by atoms with Gasteiger partial charge in [-0.15, -0.1) is 0 Å². The molecule has 0 saturated heterocycles. The Hall–Kier alpha value is -0.0600. The molecule has 1 atom stereocenters. The van der Waals surface area contributed by atoms with Crippen LogP contribution in [0.15, 0.2) is 18.2 Å². The predicted molar refractivity (Wildman–Crippen MR) is 54.2 cm³/mol. The van der Waals surface area contributed by atoms with Gasteiger partial charge in [-0.3, -0.25) is 0 Å². The number of hydrogen-bond acceptors (Lipinski definition) is 0. The SMILES string of the molecule is Cc1cc(C)cc(P(C)Cl)c1. The van der Waals surface area contributed by atoms with Gasteiger partial charge in [0.05, 0.1) is 0 Å². The smallest absolute Gasteiger partial charge is 0.0181 e. The van der Waals surface area contributed by atoms with Crippen LogP contribution in [0.1, 0.15) is 11.1 Å². The molecule has 0 aliphatic carbocycles. The number of benzene rings is 1. The molecule has 0 fully saturated rings. The standard InChI is InChI=1S/C9H12ClP/c1-7-4-8(2)6-9(5-7)11(3)10/h4-6H,1-3H3. The van der Waals surface area contributed by atoms with Crippen molar-refractivity contribution in [2.75, 3.05) is 6.66 Å². The lowest BCUT2D eigenvalue weighted by atomic mass is 10.2. The van der Waals surface area contributed by atoms with Crippen molar-refractivity contribution >= 4 is 23.8 Å². The minimum absolute atomic E-state index is 0.456. The first-order valence-electron chi connectivity index (χ1n) is 3.57. The number of halogens is 1. The Morgan fingerprint density at radius 2 is 1.55 bits per heavy atom. The van der Waals surface area contributed by atoms with Gasteiger partial charge < -0.3 is 0 Å². The van der Waals surface area contributed by atoms with Gasteiger partial charge in [0.25, 0.3) is 0 Å². The lowest BCUT2D eigenvalue weighted by Crippen LogP contribution is -1.98. The highest BCUT2D eigenvalue weighted by Crippen LogP contribution is 2.35. The quantitative estimate of drug-likeness (QED) is 0.591. The van der Waals surface area contributed by atoms with Crippen LogP contribution in [0, 0.1) is 13.8 Å². The highest BCUT2D eigenvalue weighted by atomic mass is 35.7. The lowest BCUT2D eigenvalue weighted by Gasteiger charge is -2.05. The molecule has 2 heteroatoms. The van der Waals surface area contributed by atoms with Crippen LogP contribution in [0.3, 0.4) is 0 Å². The van der Waals surface area contributed by atoms with Gasteiger partial charge >= 0.3 is 0 Å². The van der Waals surface area contributed by atoms with Crippen molar-refractivity contribution in [3.05, 3.63) is 29.3 Å². The first-order chi connectivity index (χ1) is 5.09. The molecule has 0 aliphatic heterocycles. The van der Waals surface area contributed by atoms with E-state index in [0.29, 0.717) is 0 Å². The molecule has 0 N–H and O–H groups in total. The van der Waals surface area contributed by atoms with Crippen molar-refractivity contribution < 1.29 is 0 Å². The molecule has 0 bridgehead atoms. The van der Waals surface area contributed by atoms with Crippen LogP contribution < -0.4 is 5.30 Å². The van der Waals surface area contributed by atoms with Crippen molar-refractivity contribution in [2.24, 2.45) is 0 Å². The van der Waals surface area contributed by atoms with E-state index < -0.39 is 7.27 Å². The molecule has 1 aromatic carbocycles. The Balaban J connectivity index is 3.08. The van der Waals surface area contributed by atoms with Crippen molar-refractivity contribution in [1.82, 2.24) is 0 Å². The Labute approximate surface area is 74.1 Å². The maximum atomic E-state index is 6.01. The van der Waals surface area contributed by atoms with E-state index in [0.717, 1.165) is 0 Å². The summed E-state index contributed by atoms with van der Waals surface area (Å²) >= 11 is 6.01. The van der Waals surface area contributed by atoms with Gasteiger partial charge in [-0.2, -0.15) is 0 Å². The minimum Gasteiger partial charge on any atom is -0.0915 e.